The molecule has 0 spiro atoms. The average molecular weight is 1140 g/mol. The van der Waals surface area contributed by atoms with Gasteiger partial charge in [-0.2, -0.15) is 0 Å². The summed E-state index contributed by atoms with van der Waals surface area (Å²) in [7, 11) is 0. The van der Waals surface area contributed by atoms with Crippen LogP contribution in [-0.2, 0) is 14.3 Å². The molecule has 81 heavy (non-hydrogen) atoms. The predicted molar refractivity (Wildman–Crippen MR) is 356 cm³/mol. The van der Waals surface area contributed by atoms with E-state index in [0.717, 1.165) is 44.9 Å². The summed E-state index contributed by atoms with van der Waals surface area (Å²) in [4.78, 5) is 24.6. The molecule has 0 rings (SSSR count). The van der Waals surface area contributed by atoms with Gasteiger partial charge in [-0.15, -0.1) is 0 Å². The van der Waals surface area contributed by atoms with Gasteiger partial charge in [-0.05, 0) is 83.5 Å². The molecule has 0 aliphatic carbocycles. The van der Waals surface area contributed by atoms with Gasteiger partial charge in [-0.1, -0.05) is 346 Å². The Morgan fingerprint density at radius 1 is 0.333 bits per heavy atom. The number of carbonyl (C=O) groups is 2. The van der Waals surface area contributed by atoms with Gasteiger partial charge in [0.25, 0.3) is 0 Å². The Kier molecular flexibility index (Phi) is 68.9. The summed E-state index contributed by atoms with van der Waals surface area (Å²) in [6.45, 7) is 4.93. The van der Waals surface area contributed by atoms with Crippen LogP contribution in [0.15, 0.2) is 36.5 Å². The summed E-state index contributed by atoms with van der Waals surface area (Å²) in [6.07, 6.45) is 91.0. The van der Waals surface area contributed by atoms with E-state index in [2.05, 4.69) is 43.5 Å². The van der Waals surface area contributed by atoms with E-state index in [1.165, 1.54) is 334 Å². The third kappa shape index (κ3) is 67.1. The maximum absolute atomic E-state index is 12.5. The zero-order valence-corrected chi connectivity index (χ0v) is 54.8. The van der Waals surface area contributed by atoms with Gasteiger partial charge >= 0.3 is 5.97 Å². The molecule has 6 heteroatoms. The van der Waals surface area contributed by atoms with Crippen molar-refractivity contribution in [3.63, 3.8) is 0 Å². The highest BCUT2D eigenvalue weighted by Gasteiger charge is 2.18. The molecule has 2 atom stereocenters. The molecule has 478 valence electrons. The smallest absolute Gasteiger partial charge is 0.305 e. The number of nitrogens with one attached hydrogen (secondary N) is 1. The average Bonchev–Trinajstić information content (AvgIpc) is 3.47. The van der Waals surface area contributed by atoms with E-state index < -0.39 is 12.1 Å². The van der Waals surface area contributed by atoms with Crippen LogP contribution in [0, 0.1) is 0 Å². The molecule has 0 saturated heterocycles. The van der Waals surface area contributed by atoms with E-state index in [9.17, 15) is 19.8 Å². The number of rotatable bonds is 69. The van der Waals surface area contributed by atoms with Crippen LogP contribution >= 0.6 is 0 Å². The highest BCUT2D eigenvalue weighted by Crippen LogP contribution is 2.19. The van der Waals surface area contributed by atoms with E-state index in [1.54, 1.807) is 6.08 Å². The van der Waals surface area contributed by atoms with Crippen molar-refractivity contribution in [2.24, 2.45) is 0 Å². The molecule has 6 nitrogen and oxygen atoms in total. The summed E-state index contributed by atoms with van der Waals surface area (Å²) in [6, 6.07) is -0.626. The van der Waals surface area contributed by atoms with Gasteiger partial charge in [-0.25, -0.2) is 0 Å². The van der Waals surface area contributed by atoms with E-state index in [1.807, 2.05) is 6.08 Å². The van der Waals surface area contributed by atoms with E-state index >= 15 is 0 Å². The van der Waals surface area contributed by atoms with Gasteiger partial charge in [0.05, 0.1) is 25.4 Å². The Balaban J connectivity index is 3.37. The minimum absolute atomic E-state index is 0.0104. The first kappa shape index (κ1) is 79.1. The van der Waals surface area contributed by atoms with Crippen molar-refractivity contribution in [2.45, 2.75) is 418 Å². The number of hydrogen-bond donors (Lipinski definition) is 3. The second-order valence-corrected chi connectivity index (χ2v) is 25.3. The minimum atomic E-state index is -0.843. The van der Waals surface area contributed by atoms with Crippen molar-refractivity contribution >= 4 is 11.9 Å². The third-order valence-electron chi connectivity index (χ3n) is 17.1. The van der Waals surface area contributed by atoms with Crippen molar-refractivity contribution in [2.75, 3.05) is 13.2 Å². The lowest BCUT2D eigenvalue weighted by molar-refractivity contribution is -0.143. The van der Waals surface area contributed by atoms with Crippen LogP contribution in [0.2, 0.25) is 0 Å². The number of esters is 1. The van der Waals surface area contributed by atoms with Crippen molar-refractivity contribution in [3.8, 4) is 0 Å². The third-order valence-corrected chi connectivity index (χ3v) is 17.1. The zero-order chi connectivity index (χ0) is 58.5. The molecule has 0 heterocycles. The van der Waals surface area contributed by atoms with E-state index in [-0.39, 0.29) is 18.5 Å². The molecule has 3 N–H and O–H groups in total. The number of aliphatic hydroxyl groups excluding tert-OH is 2. The largest absolute Gasteiger partial charge is 0.466 e. The molecule has 0 aromatic carbocycles. The lowest BCUT2D eigenvalue weighted by Crippen LogP contribution is -2.45. The highest BCUT2D eigenvalue weighted by molar-refractivity contribution is 5.76. The second-order valence-electron chi connectivity index (χ2n) is 25.3. The minimum Gasteiger partial charge on any atom is -0.466 e. The SMILES string of the molecule is CCCCCCCC/C=C\CCCCCCCC(=O)OCCCCCCCCCCCCCC/C=C\CCCCCCCCCCCCCCCCCCC(=O)NC(CO)C(O)/C=C/CCCCCCCCCCCCCCCCC. The zero-order valence-electron chi connectivity index (χ0n) is 54.8. The lowest BCUT2D eigenvalue weighted by atomic mass is 10.0. The van der Waals surface area contributed by atoms with Crippen LogP contribution in [0.3, 0.4) is 0 Å². The molecule has 0 bridgehead atoms. The molecule has 0 aromatic heterocycles. The Hall–Kier alpha value is -1.92. The number of unbranched alkanes of at least 4 members (excludes halogenated alkanes) is 54. The summed E-state index contributed by atoms with van der Waals surface area (Å²) in [5, 5.41) is 23.2. The number of allylic oxidation sites excluding steroid dienone is 5. The van der Waals surface area contributed by atoms with Gasteiger partial charge in [-0.3, -0.25) is 9.59 Å². The number of ether oxygens (including phenoxy) is 1. The molecule has 2 unspecified atom stereocenters. The van der Waals surface area contributed by atoms with Gasteiger partial charge < -0.3 is 20.3 Å². The Morgan fingerprint density at radius 3 is 0.877 bits per heavy atom. The van der Waals surface area contributed by atoms with E-state index in [0.29, 0.717) is 19.4 Å². The quantitative estimate of drug-likeness (QED) is 0.0320. The first-order chi connectivity index (χ1) is 40.0. The fourth-order valence-corrected chi connectivity index (χ4v) is 11.5. The van der Waals surface area contributed by atoms with Crippen LogP contribution in [0.25, 0.3) is 0 Å². The first-order valence-corrected chi connectivity index (χ1v) is 36.8. The fraction of sp³-hybridized carbons (Fsp3) is 0.893. The van der Waals surface area contributed by atoms with Crippen LogP contribution in [-0.4, -0.2) is 47.4 Å². The van der Waals surface area contributed by atoms with Crippen molar-refractivity contribution < 1.29 is 24.5 Å². The predicted octanol–water partition coefficient (Wildman–Crippen LogP) is 23.9. The molecular formula is C75H143NO5. The molecule has 0 aliphatic heterocycles. The summed E-state index contributed by atoms with van der Waals surface area (Å²) >= 11 is 0. The Morgan fingerprint density at radius 2 is 0.580 bits per heavy atom. The maximum Gasteiger partial charge on any atom is 0.305 e. The van der Waals surface area contributed by atoms with Crippen LogP contribution in [0.5, 0.6) is 0 Å². The Labute approximate surface area is 506 Å². The van der Waals surface area contributed by atoms with Crippen molar-refractivity contribution in [1.82, 2.24) is 5.32 Å². The first-order valence-electron chi connectivity index (χ1n) is 36.8. The molecule has 0 fully saturated rings. The van der Waals surface area contributed by atoms with Gasteiger partial charge in [0.2, 0.25) is 5.91 Å². The molecule has 0 aromatic rings. The van der Waals surface area contributed by atoms with Crippen LogP contribution in [0.1, 0.15) is 406 Å². The Bertz CT molecular complexity index is 1310. The monoisotopic (exact) mass is 1140 g/mol. The normalized spacial score (nSPS) is 12.7. The topological polar surface area (TPSA) is 95.9 Å². The number of aliphatic hydroxyl groups is 2. The number of amides is 1. The number of carbonyl (C=O) groups excluding carboxylic acids is 2. The van der Waals surface area contributed by atoms with Gasteiger partial charge in [0.15, 0.2) is 0 Å². The van der Waals surface area contributed by atoms with Crippen LogP contribution < -0.4 is 5.32 Å². The fourth-order valence-electron chi connectivity index (χ4n) is 11.5. The lowest BCUT2D eigenvalue weighted by Gasteiger charge is -2.20. The summed E-state index contributed by atoms with van der Waals surface area (Å²) < 4.78 is 5.49. The van der Waals surface area contributed by atoms with Gasteiger partial charge in [0, 0.05) is 12.8 Å². The molecule has 0 radical (unpaired) electrons. The molecular weight excluding hydrogens is 995 g/mol. The second kappa shape index (κ2) is 70.6. The molecule has 0 aliphatic rings. The molecule has 0 saturated carbocycles. The van der Waals surface area contributed by atoms with Crippen molar-refractivity contribution in [3.05, 3.63) is 36.5 Å². The van der Waals surface area contributed by atoms with Crippen LogP contribution in [0.4, 0.5) is 0 Å². The van der Waals surface area contributed by atoms with E-state index in [4.69, 9.17) is 4.74 Å². The maximum atomic E-state index is 12.5. The molecule has 1 amide bonds. The van der Waals surface area contributed by atoms with Gasteiger partial charge in [0.1, 0.15) is 0 Å². The summed E-state index contributed by atoms with van der Waals surface area (Å²) in [5.74, 6) is -0.0519. The number of hydrogen-bond acceptors (Lipinski definition) is 5. The summed E-state index contributed by atoms with van der Waals surface area (Å²) in [5.41, 5.74) is 0. The van der Waals surface area contributed by atoms with Crippen molar-refractivity contribution in [1.29, 1.82) is 0 Å². The standard InChI is InChI=1S/C75H143NO5/c1-3-5-7-9-11-13-15-17-19-36-40-43-47-51-55-59-63-67-73(78)72(71-77)76-74(79)68-64-60-56-52-48-44-41-37-34-32-30-28-26-24-22-20-21-23-25-27-29-31-33-35-38-42-46-50-54-58-62-66-70-81-75(80)69-65-61-57-53-49-45-39-18-16-14-12-10-8-6-4-2/h18,23,25,39,63,67,72-73,77-78H,3-17,19-22,24,26-38,40-62,64-66,68-71H2,1-2H3,(H,76,79)/b25-23-,39-18-,67-63+. The highest BCUT2D eigenvalue weighted by atomic mass is 16.5.